The van der Waals surface area contributed by atoms with E-state index in [1.54, 1.807) is 24.3 Å². The van der Waals surface area contributed by atoms with E-state index in [4.69, 9.17) is 5.11 Å². The monoisotopic (exact) mass is 311 g/mol. The number of sulfonamides is 1. The van der Waals surface area contributed by atoms with Gasteiger partial charge >= 0.3 is 5.97 Å². The Morgan fingerprint density at radius 3 is 2.52 bits per heavy atom. The number of anilines is 1. The number of aliphatic carboxylic acids is 1. The quantitative estimate of drug-likeness (QED) is 0.846. The minimum Gasteiger partial charge on any atom is -0.481 e. The van der Waals surface area contributed by atoms with E-state index in [0.29, 0.717) is 11.3 Å². The second kappa shape index (κ2) is 6.93. The average molecular weight is 311 g/mol. The summed E-state index contributed by atoms with van der Waals surface area (Å²) in [5.74, 6) is -0.647. The van der Waals surface area contributed by atoms with Crippen molar-refractivity contribution in [2.24, 2.45) is 5.92 Å². The number of hydrogen-bond acceptors (Lipinski definition) is 3. The minimum atomic E-state index is -3.44. The zero-order valence-corrected chi connectivity index (χ0v) is 12.7. The van der Waals surface area contributed by atoms with Gasteiger partial charge < -0.3 is 5.11 Å². The molecule has 0 bridgehead atoms. The Kier molecular flexibility index (Phi) is 5.22. The Balaban J connectivity index is 2.07. The lowest BCUT2D eigenvalue weighted by atomic mass is 9.91. The largest absolute Gasteiger partial charge is 0.481 e. The lowest BCUT2D eigenvalue weighted by Gasteiger charge is -2.22. The maximum absolute atomic E-state index is 12.2. The molecular weight excluding hydrogens is 290 g/mol. The molecule has 0 unspecified atom stereocenters. The molecule has 1 fully saturated rings. The van der Waals surface area contributed by atoms with E-state index in [9.17, 15) is 13.2 Å². The van der Waals surface area contributed by atoms with Crippen molar-refractivity contribution in [2.45, 2.75) is 38.5 Å². The van der Waals surface area contributed by atoms with Gasteiger partial charge in [-0.15, -0.1) is 0 Å². The summed E-state index contributed by atoms with van der Waals surface area (Å²) in [4.78, 5) is 10.8. The third kappa shape index (κ3) is 5.04. The highest BCUT2D eigenvalue weighted by molar-refractivity contribution is 7.92. The van der Waals surface area contributed by atoms with Gasteiger partial charge in [0.05, 0.1) is 17.9 Å². The molecule has 0 aliphatic heterocycles. The van der Waals surface area contributed by atoms with Crippen molar-refractivity contribution in [2.75, 3.05) is 10.5 Å². The van der Waals surface area contributed by atoms with E-state index < -0.39 is 16.0 Å². The molecule has 0 heterocycles. The third-order valence-electron chi connectivity index (χ3n) is 3.80. The average Bonchev–Trinajstić information content (AvgIpc) is 2.41. The summed E-state index contributed by atoms with van der Waals surface area (Å²) in [6, 6.07) is 6.64. The van der Waals surface area contributed by atoms with Crippen molar-refractivity contribution in [3.63, 3.8) is 0 Å². The number of hydrogen-bond donors (Lipinski definition) is 2. The number of nitrogens with one attached hydrogen (secondary N) is 1. The molecule has 5 nitrogen and oxygen atoms in total. The molecule has 6 heteroatoms. The van der Waals surface area contributed by atoms with Crippen LogP contribution in [-0.4, -0.2) is 25.2 Å². The Morgan fingerprint density at radius 1 is 1.19 bits per heavy atom. The molecular formula is C15H21NO4S. The first-order chi connectivity index (χ1) is 9.96. The molecule has 2 N–H and O–H groups in total. The molecule has 0 atom stereocenters. The fourth-order valence-corrected chi connectivity index (χ4v) is 4.38. The van der Waals surface area contributed by atoms with Gasteiger partial charge in [0, 0.05) is 0 Å². The van der Waals surface area contributed by atoms with Gasteiger partial charge in [-0.05, 0) is 30.4 Å². The van der Waals surface area contributed by atoms with Gasteiger partial charge in [0.25, 0.3) is 0 Å². The maximum atomic E-state index is 12.2. The van der Waals surface area contributed by atoms with Crippen LogP contribution in [0.5, 0.6) is 0 Å². The zero-order valence-electron chi connectivity index (χ0n) is 11.9. The molecule has 1 saturated carbocycles. The van der Waals surface area contributed by atoms with Gasteiger partial charge in [0.2, 0.25) is 10.0 Å². The van der Waals surface area contributed by atoms with Crippen LogP contribution in [0.3, 0.4) is 0 Å². The SMILES string of the molecule is O=C(O)Cc1ccccc1NS(=O)(=O)CC1CCCCC1. The van der Waals surface area contributed by atoms with Crippen LogP contribution in [0.1, 0.15) is 37.7 Å². The minimum absolute atomic E-state index is 0.119. The van der Waals surface area contributed by atoms with Crippen molar-refractivity contribution in [3.8, 4) is 0 Å². The molecule has 1 aromatic carbocycles. The van der Waals surface area contributed by atoms with Gasteiger partial charge in [-0.3, -0.25) is 9.52 Å². The summed E-state index contributed by atoms with van der Waals surface area (Å²) in [7, 11) is -3.44. The van der Waals surface area contributed by atoms with Crippen molar-refractivity contribution in [3.05, 3.63) is 29.8 Å². The van der Waals surface area contributed by atoms with Crippen LogP contribution < -0.4 is 4.72 Å². The van der Waals surface area contributed by atoms with Crippen LogP contribution in [0.15, 0.2) is 24.3 Å². The van der Waals surface area contributed by atoms with E-state index in [0.717, 1.165) is 25.7 Å². The second-order valence-electron chi connectivity index (χ2n) is 5.62. The molecule has 1 aromatic rings. The molecule has 21 heavy (non-hydrogen) atoms. The van der Waals surface area contributed by atoms with Crippen molar-refractivity contribution < 1.29 is 18.3 Å². The summed E-state index contributed by atoms with van der Waals surface area (Å²) in [5, 5.41) is 8.87. The van der Waals surface area contributed by atoms with Crippen molar-refractivity contribution in [1.29, 1.82) is 0 Å². The van der Waals surface area contributed by atoms with Gasteiger partial charge in [0.15, 0.2) is 0 Å². The number of carbonyl (C=O) groups is 1. The predicted octanol–water partition coefficient (Wildman–Crippen LogP) is 2.64. The highest BCUT2D eigenvalue weighted by Gasteiger charge is 2.22. The first kappa shape index (κ1) is 15.8. The van der Waals surface area contributed by atoms with E-state index >= 15 is 0 Å². The van der Waals surface area contributed by atoms with E-state index in [1.807, 2.05) is 0 Å². The van der Waals surface area contributed by atoms with E-state index in [2.05, 4.69) is 4.72 Å². The first-order valence-electron chi connectivity index (χ1n) is 7.26. The Hall–Kier alpha value is -1.56. The molecule has 1 aliphatic carbocycles. The number of para-hydroxylation sites is 1. The molecule has 2 rings (SSSR count). The molecule has 0 radical (unpaired) electrons. The molecule has 0 amide bonds. The van der Waals surface area contributed by atoms with E-state index in [-0.39, 0.29) is 18.1 Å². The van der Waals surface area contributed by atoms with Crippen LogP contribution in [0, 0.1) is 5.92 Å². The summed E-state index contributed by atoms with van der Waals surface area (Å²) in [5.41, 5.74) is 0.855. The molecule has 0 aromatic heterocycles. The fourth-order valence-electron chi connectivity index (χ4n) is 2.81. The van der Waals surface area contributed by atoms with Crippen LogP contribution >= 0.6 is 0 Å². The summed E-state index contributed by atoms with van der Waals surface area (Å²) in [6.07, 6.45) is 5.09. The van der Waals surface area contributed by atoms with Crippen molar-refractivity contribution >= 4 is 21.7 Å². The number of rotatable bonds is 6. The zero-order chi connectivity index (χ0) is 15.3. The second-order valence-corrected chi connectivity index (χ2v) is 7.38. The number of benzene rings is 1. The molecule has 116 valence electrons. The smallest absolute Gasteiger partial charge is 0.307 e. The van der Waals surface area contributed by atoms with Crippen LogP contribution in [0.25, 0.3) is 0 Å². The summed E-state index contributed by atoms with van der Waals surface area (Å²) in [6.45, 7) is 0. The Bertz CT molecular complexity index is 591. The first-order valence-corrected chi connectivity index (χ1v) is 8.92. The predicted molar refractivity (Wildman–Crippen MR) is 81.8 cm³/mol. The van der Waals surface area contributed by atoms with Crippen molar-refractivity contribution in [1.82, 2.24) is 0 Å². The lowest BCUT2D eigenvalue weighted by molar-refractivity contribution is -0.136. The van der Waals surface area contributed by atoms with Crippen LogP contribution in [0.4, 0.5) is 5.69 Å². The third-order valence-corrected chi connectivity index (χ3v) is 5.25. The standard InChI is InChI=1S/C15H21NO4S/c17-15(18)10-13-8-4-5-9-14(13)16-21(19,20)11-12-6-2-1-3-7-12/h4-5,8-9,12,16H,1-3,6-7,10-11H2,(H,17,18). The molecule has 1 aliphatic rings. The number of carboxylic acids is 1. The fraction of sp³-hybridized carbons (Fsp3) is 0.533. The Morgan fingerprint density at radius 2 is 1.86 bits per heavy atom. The van der Waals surface area contributed by atoms with Crippen LogP contribution in [-0.2, 0) is 21.2 Å². The summed E-state index contributed by atoms with van der Waals surface area (Å²) >= 11 is 0. The van der Waals surface area contributed by atoms with Gasteiger partial charge in [-0.2, -0.15) is 0 Å². The van der Waals surface area contributed by atoms with Crippen LogP contribution in [0.2, 0.25) is 0 Å². The lowest BCUT2D eigenvalue weighted by Crippen LogP contribution is -2.24. The molecule has 0 saturated heterocycles. The Labute approximate surface area is 125 Å². The topological polar surface area (TPSA) is 83.5 Å². The molecule has 0 spiro atoms. The normalized spacial score (nSPS) is 16.6. The van der Waals surface area contributed by atoms with Gasteiger partial charge in [-0.25, -0.2) is 8.42 Å². The van der Waals surface area contributed by atoms with Gasteiger partial charge in [0.1, 0.15) is 0 Å². The van der Waals surface area contributed by atoms with E-state index in [1.165, 1.54) is 6.42 Å². The number of carboxylic acid groups (broad SMARTS) is 1. The summed E-state index contributed by atoms with van der Waals surface area (Å²) < 4.78 is 27.0. The highest BCUT2D eigenvalue weighted by Crippen LogP contribution is 2.26. The van der Waals surface area contributed by atoms with Gasteiger partial charge in [-0.1, -0.05) is 37.5 Å². The highest BCUT2D eigenvalue weighted by atomic mass is 32.2. The maximum Gasteiger partial charge on any atom is 0.307 e.